The van der Waals surface area contributed by atoms with Gasteiger partial charge in [0, 0.05) is 18.6 Å². The van der Waals surface area contributed by atoms with Crippen LogP contribution in [-0.4, -0.2) is 30.3 Å². The van der Waals surface area contributed by atoms with Gasteiger partial charge in [-0.05, 0) is 24.3 Å². The Morgan fingerprint density at radius 1 is 1.12 bits per heavy atom. The van der Waals surface area contributed by atoms with E-state index in [1.165, 1.54) is 12.4 Å². The highest BCUT2D eigenvalue weighted by molar-refractivity contribution is 6.31. The number of hydrogen-bond donors (Lipinski definition) is 1. The average Bonchev–Trinajstić information content (AvgIpc) is 2.62. The Kier molecular flexibility index (Phi) is 5.25. The number of hydrogen-bond acceptors (Lipinski definition) is 5. The molecule has 0 radical (unpaired) electrons. The van der Waals surface area contributed by atoms with Crippen LogP contribution in [0, 0.1) is 11.6 Å². The van der Waals surface area contributed by atoms with Crippen molar-refractivity contribution in [2.24, 2.45) is 0 Å². The third kappa shape index (κ3) is 3.78. The van der Waals surface area contributed by atoms with E-state index in [-0.39, 0.29) is 5.69 Å². The number of nitrogens with one attached hydrogen (secondary N) is 1. The zero-order valence-electron chi connectivity index (χ0n) is 13.2. The first kappa shape index (κ1) is 17.3. The van der Waals surface area contributed by atoms with Crippen LogP contribution in [0.4, 0.5) is 20.3 Å². The fourth-order valence-corrected chi connectivity index (χ4v) is 2.38. The fourth-order valence-electron chi connectivity index (χ4n) is 2.22. The minimum absolute atomic E-state index is 0.0202. The van der Waals surface area contributed by atoms with E-state index in [9.17, 15) is 8.78 Å². The van der Waals surface area contributed by atoms with E-state index in [0.29, 0.717) is 35.7 Å². The lowest BCUT2D eigenvalue weighted by Crippen LogP contribution is -2.04. The van der Waals surface area contributed by atoms with Gasteiger partial charge < -0.3 is 14.8 Å². The van der Waals surface area contributed by atoms with Crippen molar-refractivity contribution in [1.29, 1.82) is 0 Å². The quantitative estimate of drug-likeness (QED) is 0.520. The summed E-state index contributed by atoms with van der Waals surface area (Å²) in [5.74, 6) is -0.705. The van der Waals surface area contributed by atoms with Crippen molar-refractivity contribution in [3.63, 3.8) is 0 Å². The Labute approximate surface area is 147 Å². The zero-order valence-corrected chi connectivity index (χ0v) is 14.0. The van der Waals surface area contributed by atoms with Crippen LogP contribution in [0.5, 0.6) is 5.75 Å². The molecule has 1 N–H and O–H groups in total. The maximum atomic E-state index is 14.1. The summed E-state index contributed by atoms with van der Waals surface area (Å²) in [6.07, 6.45) is 1.34. The summed E-state index contributed by atoms with van der Waals surface area (Å²) in [6.45, 7) is 0.886. The van der Waals surface area contributed by atoms with E-state index < -0.39 is 16.7 Å². The van der Waals surface area contributed by atoms with Gasteiger partial charge in [-0.2, -0.15) is 0 Å². The molecule has 1 heterocycles. The summed E-state index contributed by atoms with van der Waals surface area (Å²) in [5.41, 5.74) is 0.632. The van der Waals surface area contributed by atoms with Gasteiger partial charge in [-0.15, -0.1) is 0 Å². The highest BCUT2D eigenvalue weighted by Crippen LogP contribution is 2.30. The molecule has 0 bridgehead atoms. The fraction of sp³-hybridized carbons (Fsp3) is 0.176. The number of anilines is 2. The van der Waals surface area contributed by atoms with Gasteiger partial charge in [0.05, 0.1) is 17.8 Å². The molecular weight excluding hydrogens is 352 g/mol. The number of rotatable bonds is 6. The molecule has 0 fully saturated rings. The van der Waals surface area contributed by atoms with Crippen LogP contribution in [-0.2, 0) is 4.74 Å². The molecule has 0 spiro atoms. The first-order chi connectivity index (χ1) is 12.1. The van der Waals surface area contributed by atoms with E-state index in [1.54, 1.807) is 25.3 Å². The maximum absolute atomic E-state index is 14.1. The Hall–Kier alpha value is -2.51. The van der Waals surface area contributed by atoms with Gasteiger partial charge in [0.25, 0.3) is 0 Å². The predicted molar refractivity (Wildman–Crippen MR) is 91.6 cm³/mol. The number of ether oxygens (including phenoxy) is 2. The second-order valence-corrected chi connectivity index (χ2v) is 5.47. The van der Waals surface area contributed by atoms with E-state index in [4.69, 9.17) is 21.1 Å². The second-order valence-electron chi connectivity index (χ2n) is 5.09. The number of nitrogens with zero attached hydrogens (tertiary/aromatic N) is 2. The van der Waals surface area contributed by atoms with Crippen molar-refractivity contribution in [2.75, 3.05) is 25.6 Å². The number of methoxy groups -OCH3 is 1. The molecule has 0 aliphatic rings. The van der Waals surface area contributed by atoms with E-state index in [2.05, 4.69) is 15.3 Å². The Morgan fingerprint density at radius 3 is 2.76 bits per heavy atom. The lowest BCUT2D eigenvalue weighted by Gasteiger charge is -2.11. The van der Waals surface area contributed by atoms with Crippen LogP contribution in [0.15, 0.2) is 36.7 Å². The summed E-state index contributed by atoms with van der Waals surface area (Å²) in [4.78, 5) is 8.30. The van der Waals surface area contributed by atoms with Crippen molar-refractivity contribution in [3.8, 4) is 5.75 Å². The van der Waals surface area contributed by atoms with Crippen molar-refractivity contribution in [1.82, 2.24) is 9.97 Å². The van der Waals surface area contributed by atoms with Gasteiger partial charge >= 0.3 is 0 Å². The van der Waals surface area contributed by atoms with Crippen LogP contribution < -0.4 is 10.1 Å². The molecule has 2 aromatic carbocycles. The molecule has 3 aromatic rings. The molecule has 0 amide bonds. The molecule has 3 rings (SSSR count). The van der Waals surface area contributed by atoms with E-state index >= 15 is 0 Å². The molecule has 25 heavy (non-hydrogen) atoms. The third-order valence-electron chi connectivity index (χ3n) is 3.45. The summed E-state index contributed by atoms with van der Waals surface area (Å²) < 4.78 is 37.8. The zero-order chi connectivity index (χ0) is 17.8. The molecular formula is C17H14ClF2N3O2. The van der Waals surface area contributed by atoms with Gasteiger partial charge in [0.2, 0.25) is 0 Å². The number of fused-ring (bicyclic) bond motifs is 1. The van der Waals surface area contributed by atoms with Gasteiger partial charge in [-0.1, -0.05) is 11.6 Å². The second kappa shape index (κ2) is 7.58. The molecule has 130 valence electrons. The highest BCUT2D eigenvalue weighted by Gasteiger charge is 2.13. The number of benzene rings is 2. The normalized spacial score (nSPS) is 10.9. The minimum Gasteiger partial charge on any atom is -0.491 e. The van der Waals surface area contributed by atoms with Crippen molar-refractivity contribution >= 4 is 34.0 Å². The van der Waals surface area contributed by atoms with E-state index in [0.717, 1.165) is 6.07 Å². The minimum atomic E-state index is -0.882. The lowest BCUT2D eigenvalue weighted by molar-refractivity contribution is 0.146. The smallest absolute Gasteiger partial charge is 0.168 e. The molecule has 0 atom stereocenters. The van der Waals surface area contributed by atoms with Crippen molar-refractivity contribution in [3.05, 3.63) is 53.3 Å². The van der Waals surface area contributed by atoms with Gasteiger partial charge in [0.15, 0.2) is 5.82 Å². The molecule has 0 unspecified atom stereocenters. The van der Waals surface area contributed by atoms with Gasteiger partial charge in [-0.25, -0.2) is 18.7 Å². The molecule has 1 aromatic heterocycles. The molecule has 0 aliphatic carbocycles. The maximum Gasteiger partial charge on any atom is 0.168 e. The van der Waals surface area contributed by atoms with Gasteiger partial charge in [0.1, 0.15) is 35.3 Å². The standard InChI is InChI=1S/C17H14ClF2N3O2/c1-24-6-7-25-10-2-3-11-14(8-10)21-9-22-17(11)23-13-5-4-12(19)15(18)16(13)20/h2-5,8-9H,6-7H2,1H3,(H,21,22,23). The van der Waals surface area contributed by atoms with Gasteiger partial charge in [-0.3, -0.25) is 0 Å². The molecule has 0 aliphatic heterocycles. The SMILES string of the molecule is COCCOc1ccc2c(Nc3ccc(F)c(Cl)c3F)ncnc2c1. The molecule has 0 saturated heterocycles. The average molecular weight is 366 g/mol. The van der Waals surface area contributed by atoms with Crippen molar-refractivity contribution < 1.29 is 18.3 Å². The Morgan fingerprint density at radius 2 is 1.96 bits per heavy atom. The van der Waals surface area contributed by atoms with Crippen LogP contribution >= 0.6 is 11.6 Å². The van der Waals surface area contributed by atoms with Crippen LogP contribution in [0.3, 0.4) is 0 Å². The predicted octanol–water partition coefficient (Wildman–Crippen LogP) is 4.33. The van der Waals surface area contributed by atoms with Crippen LogP contribution in [0.25, 0.3) is 10.9 Å². The molecule has 8 heteroatoms. The topological polar surface area (TPSA) is 56.3 Å². The monoisotopic (exact) mass is 365 g/mol. The first-order valence-corrected chi connectivity index (χ1v) is 7.75. The lowest BCUT2D eigenvalue weighted by atomic mass is 10.2. The first-order valence-electron chi connectivity index (χ1n) is 7.37. The highest BCUT2D eigenvalue weighted by atomic mass is 35.5. The summed E-state index contributed by atoms with van der Waals surface area (Å²) >= 11 is 5.60. The largest absolute Gasteiger partial charge is 0.491 e. The molecule has 5 nitrogen and oxygen atoms in total. The van der Waals surface area contributed by atoms with Crippen LogP contribution in [0.1, 0.15) is 0 Å². The van der Waals surface area contributed by atoms with Crippen LogP contribution in [0.2, 0.25) is 5.02 Å². The number of aromatic nitrogens is 2. The van der Waals surface area contributed by atoms with Crippen molar-refractivity contribution in [2.45, 2.75) is 0 Å². The summed E-state index contributed by atoms with van der Waals surface area (Å²) in [5, 5.41) is 2.90. The van der Waals surface area contributed by atoms with E-state index in [1.807, 2.05) is 0 Å². The molecule has 0 saturated carbocycles. The third-order valence-corrected chi connectivity index (χ3v) is 3.80. The summed E-state index contributed by atoms with van der Waals surface area (Å²) in [6, 6.07) is 7.58. The Balaban J connectivity index is 1.91. The number of halogens is 3. The summed E-state index contributed by atoms with van der Waals surface area (Å²) in [7, 11) is 1.59. The Bertz CT molecular complexity index is 908.